The molecule has 1 amide bonds. The SMILES string of the molecule is N=C/C=N\Nc1cccc(F)c1C(=O)N1CC2CN(c3nc4cc(Cl)ccc4o3)CC2C1. The van der Waals surface area contributed by atoms with Crippen molar-refractivity contribution in [1.82, 2.24) is 9.88 Å². The molecule has 0 bridgehead atoms. The average molecular weight is 455 g/mol. The van der Waals surface area contributed by atoms with Crippen molar-refractivity contribution >= 4 is 52.7 Å². The first-order valence-electron chi connectivity index (χ1n) is 10.2. The first-order chi connectivity index (χ1) is 15.5. The number of hydrazone groups is 1. The molecule has 2 aliphatic heterocycles. The summed E-state index contributed by atoms with van der Waals surface area (Å²) in [5, 5.41) is 11.4. The monoisotopic (exact) mass is 454 g/mol. The summed E-state index contributed by atoms with van der Waals surface area (Å²) in [4.78, 5) is 21.5. The first kappa shape index (κ1) is 20.4. The highest BCUT2D eigenvalue weighted by molar-refractivity contribution is 6.31. The molecule has 2 N–H and O–H groups in total. The van der Waals surface area contributed by atoms with Crippen LogP contribution in [-0.4, -0.2) is 54.4 Å². The molecule has 2 saturated heterocycles. The molecule has 3 heterocycles. The largest absolute Gasteiger partial charge is 0.423 e. The van der Waals surface area contributed by atoms with Crippen LogP contribution in [0.5, 0.6) is 0 Å². The Hall–Kier alpha value is -3.46. The smallest absolute Gasteiger partial charge is 0.298 e. The summed E-state index contributed by atoms with van der Waals surface area (Å²) in [6.07, 6.45) is 2.21. The van der Waals surface area contributed by atoms with E-state index in [1.165, 1.54) is 18.3 Å². The Kier molecular flexibility index (Phi) is 5.26. The molecule has 2 aromatic carbocycles. The van der Waals surface area contributed by atoms with Crippen LogP contribution < -0.4 is 10.3 Å². The highest BCUT2D eigenvalue weighted by Gasteiger charge is 2.43. The lowest BCUT2D eigenvalue weighted by molar-refractivity contribution is 0.0779. The van der Waals surface area contributed by atoms with Crippen molar-refractivity contribution in [2.75, 3.05) is 36.5 Å². The number of hydrogen-bond acceptors (Lipinski definition) is 7. The lowest BCUT2D eigenvalue weighted by atomic mass is 10.0. The molecule has 2 fully saturated rings. The molecule has 0 saturated carbocycles. The van der Waals surface area contributed by atoms with Gasteiger partial charge in [-0.15, -0.1) is 0 Å². The van der Waals surface area contributed by atoms with Crippen molar-refractivity contribution < 1.29 is 13.6 Å². The van der Waals surface area contributed by atoms with Crippen molar-refractivity contribution in [1.29, 1.82) is 5.41 Å². The standard InChI is InChI=1S/C22H20ClFN6O2/c23-15-4-5-19-18(8-15)27-22(32-19)30-11-13-9-29(10-14(13)12-30)21(31)20-16(24)2-1-3-17(20)28-26-7-6-25/h1-8,13-14,25,28H,9-12H2/b25-6?,26-7-. The molecular weight excluding hydrogens is 435 g/mol. The predicted octanol–water partition coefficient (Wildman–Crippen LogP) is 3.88. The summed E-state index contributed by atoms with van der Waals surface area (Å²) >= 11 is 6.04. The van der Waals surface area contributed by atoms with E-state index in [9.17, 15) is 9.18 Å². The second kappa shape index (κ2) is 8.23. The summed E-state index contributed by atoms with van der Waals surface area (Å²) in [7, 11) is 0. The van der Waals surface area contributed by atoms with Crippen LogP contribution in [0.4, 0.5) is 16.1 Å². The van der Waals surface area contributed by atoms with Gasteiger partial charge in [0.2, 0.25) is 0 Å². The number of likely N-dealkylation sites (tertiary alicyclic amines) is 1. The van der Waals surface area contributed by atoms with Crippen molar-refractivity contribution in [3.63, 3.8) is 0 Å². The maximum absolute atomic E-state index is 14.5. The third-order valence-corrected chi connectivity index (χ3v) is 6.18. The molecule has 10 heteroatoms. The predicted molar refractivity (Wildman–Crippen MR) is 121 cm³/mol. The van der Waals surface area contributed by atoms with Gasteiger partial charge < -0.3 is 19.6 Å². The zero-order valence-electron chi connectivity index (χ0n) is 17.0. The van der Waals surface area contributed by atoms with Crippen LogP contribution in [0.2, 0.25) is 5.02 Å². The zero-order valence-corrected chi connectivity index (χ0v) is 17.7. The minimum Gasteiger partial charge on any atom is -0.423 e. The minimum atomic E-state index is -0.603. The Bertz CT molecular complexity index is 1210. The van der Waals surface area contributed by atoms with E-state index in [0.717, 1.165) is 6.21 Å². The third-order valence-electron chi connectivity index (χ3n) is 5.94. The van der Waals surface area contributed by atoms with E-state index in [2.05, 4.69) is 20.4 Å². The van der Waals surface area contributed by atoms with Crippen molar-refractivity contribution in [2.24, 2.45) is 16.9 Å². The van der Waals surface area contributed by atoms with Gasteiger partial charge in [-0.05, 0) is 30.3 Å². The quantitative estimate of drug-likeness (QED) is 0.450. The van der Waals surface area contributed by atoms with Crippen LogP contribution in [0.1, 0.15) is 10.4 Å². The number of benzene rings is 2. The van der Waals surface area contributed by atoms with E-state index in [0.29, 0.717) is 48.3 Å². The molecule has 0 spiro atoms. The highest BCUT2D eigenvalue weighted by atomic mass is 35.5. The van der Waals surface area contributed by atoms with E-state index < -0.39 is 5.82 Å². The Balaban J connectivity index is 1.30. The van der Waals surface area contributed by atoms with E-state index in [1.54, 1.807) is 29.2 Å². The second-order valence-electron chi connectivity index (χ2n) is 7.96. The Morgan fingerprint density at radius 2 is 2.03 bits per heavy atom. The Labute approximate surface area is 188 Å². The number of oxazole rings is 1. The van der Waals surface area contributed by atoms with Gasteiger partial charge in [0.1, 0.15) is 16.9 Å². The van der Waals surface area contributed by atoms with Gasteiger partial charge in [0.05, 0.1) is 11.9 Å². The number of rotatable bonds is 5. The van der Waals surface area contributed by atoms with Crippen molar-refractivity contribution in [2.45, 2.75) is 0 Å². The van der Waals surface area contributed by atoms with Crippen molar-refractivity contribution in [3.8, 4) is 0 Å². The van der Waals surface area contributed by atoms with Gasteiger partial charge in [0.15, 0.2) is 5.58 Å². The number of nitrogens with zero attached hydrogens (tertiary/aromatic N) is 4. The van der Waals surface area contributed by atoms with Crippen LogP contribution in [0.3, 0.4) is 0 Å². The fraction of sp³-hybridized carbons (Fsp3) is 0.273. The molecule has 2 aliphatic rings. The third kappa shape index (κ3) is 3.69. The second-order valence-corrected chi connectivity index (χ2v) is 8.40. The molecule has 0 aliphatic carbocycles. The minimum absolute atomic E-state index is 0.0395. The van der Waals surface area contributed by atoms with Gasteiger partial charge in [0, 0.05) is 49.3 Å². The fourth-order valence-electron chi connectivity index (χ4n) is 4.48. The molecular formula is C22H20ClFN6O2. The number of carbonyl (C=O) groups is 1. The Morgan fingerprint density at radius 3 is 2.78 bits per heavy atom. The lowest BCUT2D eigenvalue weighted by Gasteiger charge is -2.22. The number of aromatic nitrogens is 1. The van der Waals surface area contributed by atoms with Crippen LogP contribution >= 0.6 is 11.6 Å². The molecule has 2 unspecified atom stereocenters. The normalized spacial score (nSPS) is 20.3. The average Bonchev–Trinajstić information content (AvgIpc) is 3.46. The molecule has 1 aromatic heterocycles. The molecule has 3 aromatic rings. The van der Waals surface area contributed by atoms with Crippen LogP contribution in [0, 0.1) is 23.1 Å². The van der Waals surface area contributed by atoms with Gasteiger partial charge in [-0.25, -0.2) is 4.39 Å². The van der Waals surface area contributed by atoms with Crippen molar-refractivity contribution in [3.05, 3.63) is 52.8 Å². The number of halogens is 2. The lowest BCUT2D eigenvalue weighted by Crippen LogP contribution is -2.34. The molecule has 5 rings (SSSR count). The van der Waals surface area contributed by atoms with Gasteiger partial charge in [0.25, 0.3) is 11.9 Å². The molecule has 32 heavy (non-hydrogen) atoms. The van der Waals surface area contributed by atoms with E-state index >= 15 is 0 Å². The van der Waals surface area contributed by atoms with Gasteiger partial charge in [-0.3, -0.25) is 10.2 Å². The Morgan fingerprint density at radius 1 is 1.25 bits per heavy atom. The fourth-order valence-corrected chi connectivity index (χ4v) is 4.64. The van der Waals surface area contributed by atoms with Gasteiger partial charge in [-0.1, -0.05) is 17.7 Å². The number of carbonyl (C=O) groups excluding carboxylic acids is 1. The summed E-state index contributed by atoms with van der Waals surface area (Å²) in [6.45, 7) is 2.48. The van der Waals surface area contributed by atoms with Crippen LogP contribution in [-0.2, 0) is 0 Å². The molecule has 0 radical (unpaired) electrons. The molecule has 8 nitrogen and oxygen atoms in total. The van der Waals surface area contributed by atoms with Gasteiger partial charge in [-0.2, -0.15) is 10.1 Å². The number of anilines is 2. The first-order valence-corrected chi connectivity index (χ1v) is 10.6. The van der Waals surface area contributed by atoms with Crippen LogP contribution in [0.25, 0.3) is 11.1 Å². The van der Waals surface area contributed by atoms with Gasteiger partial charge >= 0.3 is 0 Å². The summed E-state index contributed by atoms with van der Waals surface area (Å²) in [5.41, 5.74) is 4.28. The zero-order chi connectivity index (χ0) is 22.2. The van der Waals surface area contributed by atoms with Crippen LogP contribution in [0.15, 0.2) is 45.9 Å². The topological polar surface area (TPSA) is 97.8 Å². The summed E-state index contributed by atoms with van der Waals surface area (Å²) in [6, 6.07) is 10.3. The number of amides is 1. The summed E-state index contributed by atoms with van der Waals surface area (Å²) in [5.74, 6) is -0.477. The number of nitrogens with one attached hydrogen (secondary N) is 2. The summed E-state index contributed by atoms with van der Waals surface area (Å²) < 4.78 is 20.4. The number of fused-ring (bicyclic) bond motifs is 2. The molecule has 2 atom stereocenters. The highest BCUT2D eigenvalue weighted by Crippen LogP contribution is 2.36. The maximum atomic E-state index is 14.5. The van der Waals surface area contributed by atoms with E-state index in [-0.39, 0.29) is 29.0 Å². The maximum Gasteiger partial charge on any atom is 0.298 e. The number of hydrogen-bond donors (Lipinski definition) is 2. The van der Waals surface area contributed by atoms with E-state index in [4.69, 9.17) is 21.4 Å². The molecule has 164 valence electrons. The van der Waals surface area contributed by atoms with E-state index in [1.807, 2.05) is 0 Å².